The minimum absolute atomic E-state index is 0.0442. The smallest absolute Gasteiger partial charge is 0.434 e. The number of imidazole rings is 1. The quantitative estimate of drug-likeness (QED) is 0.315. The van der Waals surface area contributed by atoms with Crippen molar-refractivity contribution >= 4 is 11.7 Å². The van der Waals surface area contributed by atoms with Gasteiger partial charge in [-0.3, -0.25) is 9.69 Å². The normalized spacial score (nSPS) is 16.3. The summed E-state index contributed by atoms with van der Waals surface area (Å²) in [5.74, 6) is -0.119. The lowest BCUT2D eigenvalue weighted by molar-refractivity contribution is -0.140. The van der Waals surface area contributed by atoms with Gasteiger partial charge in [-0.05, 0) is 30.5 Å². The molecule has 0 radical (unpaired) electrons. The Bertz CT molecular complexity index is 1640. The molecule has 1 aliphatic carbocycles. The van der Waals surface area contributed by atoms with Crippen molar-refractivity contribution in [3.8, 4) is 28.5 Å². The van der Waals surface area contributed by atoms with E-state index in [1.807, 2.05) is 0 Å². The number of nitrogens with zero attached hydrogens (tertiary/aromatic N) is 7. The van der Waals surface area contributed by atoms with Crippen LogP contribution in [0.5, 0.6) is 5.88 Å². The molecule has 0 N–H and O–H groups in total. The van der Waals surface area contributed by atoms with Gasteiger partial charge < -0.3 is 9.30 Å². The first-order valence-corrected chi connectivity index (χ1v) is 12.7. The van der Waals surface area contributed by atoms with E-state index >= 15 is 4.39 Å². The Morgan fingerprint density at radius 1 is 1.15 bits per heavy atom. The third-order valence-corrected chi connectivity index (χ3v) is 7.49. The molecule has 0 saturated heterocycles. The fourth-order valence-corrected chi connectivity index (χ4v) is 5.06. The first kappa shape index (κ1) is 26.0. The number of aromatic nitrogens is 6. The second-order valence-corrected chi connectivity index (χ2v) is 10.4. The van der Waals surface area contributed by atoms with Crippen molar-refractivity contribution < 1.29 is 27.1 Å². The minimum atomic E-state index is -4.64. The summed E-state index contributed by atoms with van der Waals surface area (Å²) in [6.45, 7) is 2.54. The van der Waals surface area contributed by atoms with Crippen LogP contribution in [0.2, 0.25) is 0 Å². The van der Waals surface area contributed by atoms with E-state index < -0.39 is 17.7 Å². The van der Waals surface area contributed by atoms with E-state index in [-0.39, 0.29) is 35.7 Å². The maximum absolute atomic E-state index is 15.2. The predicted octanol–water partition coefficient (Wildman–Crippen LogP) is 4.90. The number of fused-ring (bicyclic) bond motifs is 1. The summed E-state index contributed by atoms with van der Waals surface area (Å²) < 4.78 is 62.8. The average molecular weight is 556 g/mol. The number of methoxy groups -OCH3 is 1. The molecule has 0 unspecified atom stereocenters. The van der Waals surface area contributed by atoms with Gasteiger partial charge in [0.2, 0.25) is 11.8 Å². The van der Waals surface area contributed by atoms with E-state index in [0.717, 1.165) is 29.3 Å². The van der Waals surface area contributed by atoms with Crippen LogP contribution in [0.25, 0.3) is 22.6 Å². The van der Waals surface area contributed by atoms with Crippen LogP contribution < -0.4 is 9.64 Å². The van der Waals surface area contributed by atoms with Crippen LogP contribution in [-0.4, -0.2) is 42.3 Å². The number of amides is 1. The van der Waals surface area contributed by atoms with Crippen LogP contribution >= 0.6 is 0 Å². The number of carbonyl (C=O) groups is 1. The SMILES string of the molecule is COc1ncnc(C2(C)CC2)c1-c1cc2n(n1)CCC(=O)N2Cc1ccc(-c2nc(C(F)(F)F)cn2C)c(F)c1. The highest BCUT2D eigenvalue weighted by atomic mass is 19.4. The lowest BCUT2D eigenvalue weighted by Crippen LogP contribution is -2.36. The highest BCUT2D eigenvalue weighted by molar-refractivity contribution is 5.94. The molecule has 208 valence electrons. The zero-order valence-corrected chi connectivity index (χ0v) is 22.0. The Morgan fingerprint density at radius 3 is 2.58 bits per heavy atom. The molecule has 1 aliphatic heterocycles. The van der Waals surface area contributed by atoms with Crippen LogP contribution in [0.3, 0.4) is 0 Å². The predicted molar refractivity (Wildman–Crippen MR) is 136 cm³/mol. The highest BCUT2D eigenvalue weighted by Gasteiger charge is 2.44. The molecule has 0 atom stereocenters. The molecule has 0 bridgehead atoms. The fraction of sp³-hybridized carbons (Fsp3) is 0.370. The number of aryl methyl sites for hydroxylation is 2. The van der Waals surface area contributed by atoms with Crippen LogP contribution in [-0.2, 0) is 36.5 Å². The lowest BCUT2D eigenvalue weighted by atomic mass is 9.98. The van der Waals surface area contributed by atoms with E-state index in [2.05, 4.69) is 21.9 Å². The standard InChI is InChI=1S/C27H25F4N7O2/c1-26(7-8-26)23-22(25(40-3)33-14-32-23)18-11-20-37(21(39)6-9-38(20)35-18)12-15-4-5-16(17(28)10-15)24-34-19(13-36(24)2)27(29,30)31/h4-5,10-11,13-14H,6-9,12H2,1-3H3. The monoisotopic (exact) mass is 555 g/mol. The van der Waals surface area contributed by atoms with Crippen LogP contribution in [0.1, 0.15) is 43.1 Å². The van der Waals surface area contributed by atoms with Gasteiger partial charge in [-0.15, -0.1) is 0 Å². The van der Waals surface area contributed by atoms with Gasteiger partial charge in [-0.25, -0.2) is 24.0 Å². The second kappa shape index (κ2) is 9.14. The molecular formula is C27H25F4N7O2. The molecular weight excluding hydrogens is 530 g/mol. The van der Waals surface area contributed by atoms with E-state index in [1.54, 1.807) is 16.8 Å². The van der Waals surface area contributed by atoms with Gasteiger partial charge in [0.25, 0.3) is 0 Å². The molecule has 1 saturated carbocycles. The Balaban J connectivity index is 1.33. The summed E-state index contributed by atoms with van der Waals surface area (Å²) in [6, 6.07) is 5.94. The van der Waals surface area contributed by atoms with Crippen molar-refractivity contribution in [3.05, 3.63) is 59.6 Å². The van der Waals surface area contributed by atoms with Gasteiger partial charge in [0.05, 0.1) is 37.0 Å². The molecule has 0 spiro atoms. The maximum Gasteiger partial charge on any atom is 0.434 e. The first-order valence-electron chi connectivity index (χ1n) is 12.7. The first-order chi connectivity index (χ1) is 19.0. The molecule has 2 aliphatic rings. The van der Waals surface area contributed by atoms with Crippen molar-refractivity contribution in [2.24, 2.45) is 7.05 Å². The minimum Gasteiger partial charge on any atom is -0.480 e. The van der Waals surface area contributed by atoms with Crippen molar-refractivity contribution in [2.45, 2.75) is 50.9 Å². The number of rotatable bonds is 6. The zero-order chi connectivity index (χ0) is 28.4. The van der Waals surface area contributed by atoms with Crippen molar-refractivity contribution in [1.82, 2.24) is 29.3 Å². The number of hydrogen-bond acceptors (Lipinski definition) is 6. The summed E-state index contributed by atoms with van der Waals surface area (Å²) in [5, 5.41) is 4.75. The molecule has 6 rings (SSSR count). The third-order valence-electron chi connectivity index (χ3n) is 7.49. The average Bonchev–Trinajstić information content (AvgIpc) is 3.32. The summed E-state index contributed by atoms with van der Waals surface area (Å²) >= 11 is 0. The summed E-state index contributed by atoms with van der Waals surface area (Å²) in [5.41, 5.74) is 1.29. The van der Waals surface area contributed by atoms with Gasteiger partial charge in [0.1, 0.15) is 29.5 Å². The van der Waals surface area contributed by atoms with Gasteiger partial charge in [-0.2, -0.15) is 18.3 Å². The molecule has 40 heavy (non-hydrogen) atoms. The number of alkyl halides is 3. The molecule has 1 fully saturated rings. The van der Waals surface area contributed by atoms with Crippen LogP contribution in [0, 0.1) is 5.82 Å². The maximum atomic E-state index is 15.2. The van der Waals surface area contributed by atoms with E-state index in [0.29, 0.717) is 35.1 Å². The summed E-state index contributed by atoms with van der Waals surface area (Å²) in [7, 11) is 2.90. The molecule has 9 nitrogen and oxygen atoms in total. The largest absolute Gasteiger partial charge is 0.480 e. The van der Waals surface area contributed by atoms with Crippen LogP contribution in [0.15, 0.2) is 36.8 Å². The van der Waals surface area contributed by atoms with Gasteiger partial charge in [-0.1, -0.05) is 13.0 Å². The Kier molecular flexibility index (Phi) is 5.93. The second-order valence-electron chi connectivity index (χ2n) is 10.4. The Labute approximate surface area is 226 Å². The van der Waals surface area contributed by atoms with Gasteiger partial charge >= 0.3 is 6.18 Å². The molecule has 13 heteroatoms. The van der Waals surface area contributed by atoms with Crippen molar-refractivity contribution in [1.29, 1.82) is 0 Å². The number of benzene rings is 1. The molecule has 1 amide bonds. The van der Waals surface area contributed by atoms with Crippen LogP contribution in [0.4, 0.5) is 23.4 Å². The van der Waals surface area contributed by atoms with Gasteiger partial charge in [0.15, 0.2) is 5.69 Å². The third kappa shape index (κ3) is 4.38. The molecule has 1 aromatic carbocycles. The molecule has 4 aromatic rings. The molecule has 4 heterocycles. The summed E-state index contributed by atoms with van der Waals surface area (Å²) in [6.07, 6.45) is -0.188. The molecule has 3 aromatic heterocycles. The number of anilines is 1. The summed E-state index contributed by atoms with van der Waals surface area (Å²) in [4.78, 5) is 26.9. The Hall–Kier alpha value is -4.29. The van der Waals surface area contributed by atoms with Crippen molar-refractivity contribution in [2.75, 3.05) is 12.0 Å². The topological polar surface area (TPSA) is 91.0 Å². The van der Waals surface area contributed by atoms with Crippen molar-refractivity contribution in [3.63, 3.8) is 0 Å². The highest BCUT2D eigenvalue weighted by Crippen LogP contribution is 2.51. The Morgan fingerprint density at radius 2 is 1.93 bits per heavy atom. The number of ether oxygens (including phenoxy) is 1. The fourth-order valence-electron chi connectivity index (χ4n) is 5.06. The van der Waals surface area contributed by atoms with Gasteiger partial charge in [0, 0.05) is 31.1 Å². The van der Waals surface area contributed by atoms with E-state index in [1.165, 1.54) is 37.5 Å². The lowest BCUT2D eigenvalue weighted by Gasteiger charge is -2.27. The number of carbonyl (C=O) groups excluding carboxylic acids is 1. The number of hydrogen-bond donors (Lipinski definition) is 0. The van der Waals surface area contributed by atoms with E-state index in [9.17, 15) is 18.0 Å². The number of halogens is 4. The van der Waals surface area contributed by atoms with E-state index in [4.69, 9.17) is 9.84 Å². The zero-order valence-electron chi connectivity index (χ0n) is 22.0.